The topological polar surface area (TPSA) is 75.0 Å². The molecule has 9 heteroatoms. The highest BCUT2D eigenvalue weighted by atomic mass is 35.5. The molecular formula is C21H19Cl2N5O2. The Kier molecular flexibility index (Phi) is 5.74. The van der Waals surface area contributed by atoms with Crippen LogP contribution in [0.25, 0.3) is 33.5 Å². The first-order valence-corrected chi connectivity index (χ1v) is 10.1. The number of halogens is 2. The third-order valence-corrected chi connectivity index (χ3v) is 5.33. The minimum atomic E-state index is 0.242. The van der Waals surface area contributed by atoms with Crippen LogP contribution < -0.4 is 9.47 Å². The van der Waals surface area contributed by atoms with Gasteiger partial charge in [0, 0.05) is 5.56 Å². The third-order valence-electron chi connectivity index (χ3n) is 4.54. The summed E-state index contributed by atoms with van der Waals surface area (Å²) < 4.78 is 10.6. The second-order valence-corrected chi connectivity index (χ2v) is 7.30. The summed E-state index contributed by atoms with van der Waals surface area (Å²) in [7, 11) is 3.00. The van der Waals surface area contributed by atoms with E-state index in [1.165, 1.54) is 14.2 Å². The van der Waals surface area contributed by atoms with Crippen molar-refractivity contribution in [1.82, 2.24) is 25.0 Å². The largest absolute Gasteiger partial charge is 0.477 e. The first-order chi connectivity index (χ1) is 14.6. The molecule has 0 bridgehead atoms. The van der Waals surface area contributed by atoms with Gasteiger partial charge in [-0.15, -0.1) is 0 Å². The Hall–Kier alpha value is -2.90. The molecule has 4 aromatic rings. The van der Waals surface area contributed by atoms with Crippen molar-refractivity contribution in [2.45, 2.75) is 19.9 Å². The average molecular weight is 444 g/mol. The minimum absolute atomic E-state index is 0.242. The van der Waals surface area contributed by atoms with Crippen molar-refractivity contribution in [1.29, 1.82) is 0 Å². The molecule has 0 N–H and O–H groups in total. The Morgan fingerprint density at radius 1 is 0.933 bits per heavy atom. The molecule has 2 aromatic carbocycles. The van der Waals surface area contributed by atoms with Crippen LogP contribution in [-0.2, 0) is 6.54 Å². The lowest BCUT2D eigenvalue weighted by molar-refractivity contribution is 0.334. The number of hydrogen-bond donors (Lipinski definition) is 0. The van der Waals surface area contributed by atoms with Gasteiger partial charge in [-0.05, 0) is 12.5 Å². The summed E-state index contributed by atoms with van der Waals surface area (Å²) in [6.45, 7) is 2.73. The fourth-order valence-corrected chi connectivity index (χ4v) is 3.63. The van der Waals surface area contributed by atoms with Crippen molar-refractivity contribution in [3.05, 3.63) is 46.4 Å². The molecular weight excluding hydrogens is 425 g/mol. The molecule has 0 amide bonds. The molecule has 0 fully saturated rings. The van der Waals surface area contributed by atoms with E-state index in [0.29, 0.717) is 44.6 Å². The zero-order valence-electron chi connectivity index (χ0n) is 16.7. The standard InChI is InChI=1S/C21H19Cl2N5O2/c1-4-10-28-26-17(12-8-6-5-7-9-12)19(27-28)15-16(23)13(22)11-14-18(15)25-21(30-3)20(24-14)29-2/h5-9,11H,4,10H2,1-3H3. The number of aromatic nitrogens is 5. The summed E-state index contributed by atoms with van der Waals surface area (Å²) >= 11 is 13.1. The number of ether oxygens (including phenoxy) is 2. The Bertz CT molecular complexity index is 1210. The van der Waals surface area contributed by atoms with Gasteiger partial charge in [-0.1, -0.05) is 60.5 Å². The van der Waals surface area contributed by atoms with E-state index in [-0.39, 0.29) is 11.8 Å². The van der Waals surface area contributed by atoms with Crippen LogP contribution in [0.4, 0.5) is 0 Å². The maximum Gasteiger partial charge on any atom is 0.278 e. The molecule has 30 heavy (non-hydrogen) atoms. The molecule has 0 spiro atoms. The van der Waals surface area contributed by atoms with Crippen LogP contribution in [0, 0.1) is 0 Å². The molecule has 7 nitrogen and oxygen atoms in total. The van der Waals surface area contributed by atoms with E-state index in [9.17, 15) is 0 Å². The van der Waals surface area contributed by atoms with Gasteiger partial charge in [0.2, 0.25) is 0 Å². The van der Waals surface area contributed by atoms with Crippen LogP contribution in [0.1, 0.15) is 13.3 Å². The number of fused-ring (bicyclic) bond motifs is 1. The number of hydrogen-bond acceptors (Lipinski definition) is 6. The molecule has 0 aliphatic rings. The smallest absolute Gasteiger partial charge is 0.278 e. The lowest BCUT2D eigenvalue weighted by Gasteiger charge is -2.12. The fraction of sp³-hybridized carbons (Fsp3) is 0.238. The summed E-state index contributed by atoms with van der Waals surface area (Å²) in [6.07, 6.45) is 0.886. The van der Waals surface area contributed by atoms with Gasteiger partial charge in [-0.3, -0.25) is 0 Å². The molecule has 154 valence electrons. The molecule has 0 aliphatic heterocycles. The van der Waals surface area contributed by atoms with Crippen LogP contribution >= 0.6 is 23.2 Å². The van der Waals surface area contributed by atoms with E-state index < -0.39 is 0 Å². The number of aryl methyl sites for hydroxylation is 1. The maximum atomic E-state index is 6.67. The number of benzene rings is 2. The van der Waals surface area contributed by atoms with Crippen LogP contribution in [0.2, 0.25) is 10.0 Å². The molecule has 0 saturated carbocycles. The zero-order valence-corrected chi connectivity index (χ0v) is 18.2. The van der Waals surface area contributed by atoms with E-state index in [2.05, 4.69) is 16.9 Å². The van der Waals surface area contributed by atoms with Gasteiger partial charge in [-0.2, -0.15) is 15.0 Å². The molecule has 0 aliphatic carbocycles. The predicted octanol–water partition coefficient (Wildman–Crippen LogP) is 5.29. The van der Waals surface area contributed by atoms with Gasteiger partial charge >= 0.3 is 0 Å². The Labute approximate surface area is 183 Å². The monoisotopic (exact) mass is 443 g/mol. The first-order valence-electron chi connectivity index (χ1n) is 9.36. The maximum absolute atomic E-state index is 6.67. The van der Waals surface area contributed by atoms with Gasteiger partial charge in [-0.25, -0.2) is 9.97 Å². The molecule has 2 heterocycles. The van der Waals surface area contributed by atoms with Crippen molar-refractivity contribution >= 4 is 34.2 Å². The highest BCUT2D eigenvalue weighted by Crippen LogP contribution is 2.42. The van der Waals surface area contributed by atoms with Crippen molar-refractivity contribution < 1.29 is 9.47 Å². The summed E-state index contributed by atoms with van der Waals surface area (Å²) in [5.41, 5.74) is 3.74. The van der Waals surface area contributed by atoms with Crippen molar-refractivity contribution in [2.75, 3.05) is 14.2 Å². The van der Waals surface area contributed by atoms with Crippen LogP contribution in [0.15, 0.2) is 36.4 Å². The van der Waals surface area contributed by atoms with Crippen molar-refractivity contribution in [3.8, 4) is 34.3 Å². The lowest BCUT2D eigenvalue weighted by atomic mass is 10.0. The second-order valence-electron chi connectivity index (χ2n) is 6.52. The van der Waals surface area contributed by atoms with Crippen molar-refractivity contribution in [2.24, 2.45) is 0 Å². The van der Waals surface area contributed by atoms with Crippen LogP contribution in [0.3, 0.4) is 0 Å². The van der Waals surface area contributed by atoms with Crippen molar-refractivity contribution in [3.63, 3.8) is 0 Å². The van der Waals surface area contributed by atoms with E-state index in [1.807, 2.05) is 30.3 Å². The van der Waals surface area contributed by atoms with Crippen LogP contribution in [-0.4, -0.2) is 39.2 Å². The molecule has 0 saturated heterocycles. The van der Waals surface area contributed by atoms with Gasteiger partial charge in [0.15, 0.2) is 0 Å². The van der Waals surface area contributed by atoms with Crippen LogP contribution in [0.5, 0.6) is 11.8 Å². The summed E-state index contributed by atoms with van der Waals surface area (Å²) in [5.74, 6) is 0.499. The quantitative estimate of drug-likeness (QED) is 0.402. The number of nitrogens with zero attached hydrogens (tertiary/aromatic N) is 5. The van der Waals surface area contributed by atoms with Gasteiger partial charge in [0.05, 0.1) is 41.9 Å². The predicted molar refractivity (Wildman–Crippen MR) is 117 cm³/mol. The summed E-state index contributed by atoms with van der Waals surface area (Å²) in [4.78, 5) is 10.8. The number of rotatable bonds is 6. The Morgan fingerprint density at radius 2 is 1.60 bits per heavy atom. The summed E-state index contributed by atoms with van der Waals surface area (Å²) in [6, 6.07) is 11.4. The molecule has 0 atom stereocenters. The second kappa shape index (κ2) is 8.45. The van der Waals surface area contributed by atoms with E-state index >= 15 is 0 Å². The molecule has 0 unspecified atom stereocenters. The van der Waals surface area contributed by atoms with E-state index in [0.717, 1.165) is 12.0 Å². The summed E-state index contributed by atoms with van der Waals surface area (Å²) in [5, 5.41) is 10.1. The minimum Gasteiger partial charge on any atom is -0.477 e. The number of methoxy groups -OCH3 is 2. The molecule has 0 radical (unpaired) electrons. The van der Waals surface area contributed by atoms with E-state index in [1.54, 1.807) is 10.9 Å². The highest BCUT2D eigenvalue weighted by Gasteiger charge is 2.24. The van der Waals surface area contributed by atoms with Gasteiger partial charge in [0.25, 0.3) is 11.8 Å². The van der Waals surface area contributed by atoms with Gasteiger partial charge in [0.1, 0.15) is 16.9 Å². The fourth-order valence-electron chi connectivity index (χ4n) is 3.20. The third kappa shape index (κ3) is 3.55. The van der Waals surface area contributed by atoms with Gasteiger partial charge < -0.3 is 9.47 Å². The van der Waals surface area contributed by atoms with E-state index in [4.69, 9.17) is 42.9 Å². The zero-order chi connectivity index (χ0) is 21.3. The first kappa shape index (κ1) is 20.4. The Morgan fingerprint density at radius 3 is 2.27 bits per heavy atom. The Balaban J connectivity index is 2.07. The molecule has 4 rings (SSSR count). The molecule has 2 aromatic heterocycles. The average Bonchev–Trinajstić information content (AvgIpc) is 3.18. The highest BCUT2D eigenvalue weighted by molar-refractivity contribution is 6.45. The normalized spacial score (nSPS) is 11.1. The SMILES string of the molecule is CCCn1nc(-c2ccccc2)c(-c2c(Cl)c(Cl)cc3nc(OC)c(OC)nc23)n1. The lowest BCUT2D eigenvalue weighted by Crippen LogP contribution is -2.01.